The fraction of sp³-hybridized carbons (Fsp3) is 0.179. The van der Waals surface area contributed by atoms with Crippen LogP contribution in [0.15, 0.2) is 83.8 Å². The van der Waals surface area contributed by atoms with E-state index in [-0.39, 0.29) is 57.4 Å². The van der Waals surface area contributed by atoms with Crippen molar-refractivity contribution in [2.45, 2.75) is 37.6 Å². The zero-order chi connectivity index (χ0) is 31.8. The number of amides is 1. The molecule has 0 aliphatic heterocycles. The van der Waals surface area contributed by atoms with E-state index in [0.29, 0.717) is 23.4 Å². The van der Waals surface area contributed by atoms with E-state index in [0.717, 1.165) is 18.4 Å². The molecule has 0 saturated carbocycles. The van der Waals surface area contributed by atoms with Gasteiger partial charge in [0.15, 0.2) is 10.8 Å². The third kappa shape index (κ3) is 10.7. The number of benzene rings is 3. The van der Waals surface area contributed by atoms with Crippen LogP contribution < -0.4 is 39.2 Å². The molecule has 3 aromatic carbocycles. The molecular formula is C28H28ClN3NaO9PS. The maximum absolute atomic E-state index is 13.1. The molecule has 12 nitrogen and oxygen atoms in total. The van der Waals surface area contributed by atoms with Crippen molar-refractivity contribution in [3.8, 4) is 11.1 Å². The van der Waals surface area contributed by atoms with Crippen LogP contribution in [0.4, 0.5) is 0 Å². The molecule has 16 heteroatoms. The van der Waals surface area contributed by atoms with Crippen LogP contribution in [-0.2, 0) is 27.6 Å². The van der Waals surface area contributed by atoms with Crippen molar-refractivity contribution in [2.75, 3.05) is 0 Å². The number of aryl methyl sites for hydroxylation is 1. The summed E-state index contributed by atoms with van der Waals surface area (Å²) in [6.07, 6.45) is 2.37. The number of unbranched alkanes of at least 4 members (excludes halogenated alkanes) is 1. The van der Waals surface area contributed by atoms with Crippen molar-refractivity contribution in [3.63, 3.8) is 0 Å². The fourth-order valence-electron chi connectivity index (χ4n) is 4.10. The van der Waals surface area contributed by atoms with Crippen LogP contribution in [0.25, 0.3) is 11.1 Å². The number of rotatable bonds is 10. The molecule has 4 aromatic rings. The maximum Gasteiger partial charge on any atom is 1.00 e. The summed E-state index contributed by atoms with van der Waals surface area (Å²) in [4.78, 5) is 51.5. The molecule has 0 radical (unpaired) electrons. The van der Waals surface area contributed by atoms with Crippen LogP contribution in [0.1, 0.15) is 52.0 Å². The minimum atomic E-state index is -4.89. The van der Waals surface area contributed by atoms with Crippen LogP contribution in [0, 0.1) is 0 Å². The van der Waals surface area contributed by atoms with Crippen LogP contribution >= 0.6 is 19.4 Å². The van der Waals surface area contributed by atoms with E-state index in [9.17, 15) is 23.1 Å². The van der Waals surface area contributed by atoms with Gasteiger partial charge in [0, 0.05) is 24.1 Å². The van der Waals surface area contributed by atoms with E-state index in [1.807, 2.05) is 6.92 Å². The number of phosphoric acid groups is 1. The Balaban J connectivity index is 0.00000104. The number of aromatic carboxylic acids is 1. The average Bonchev–Trinajstić information content (AvgIpc) is 3.26. The zero-order valence-corrected chi connectivity index (χ0v) is 28.2. The van der Waals surface area contributed by atoms with Gasteiger partial charge in [-0.2, -0.15) is 0 Å². The molecule has 0 bridgehead atoms. The van der Waals surface area contributed by atoms with Gasteiger partial charge >= 0.3 is 35.5 Å². The van der Waals surface area contributed by atoms with Gasteiger partial charge in [-0.3, -0.25) is 9.36 Å². The summed E-state index contributed by atoms with van der Waals surface area (Å²) < 4.78 is 38.8. The first-order chi connectivity index (χ1) is 20.2. The summed E-state index contributed by atoms with van der Waals surface area (Å²) in [5, 5.41) is 9.62. The van der Waals surface area contributed by atoms with E-state index >= 15 is 0 Å². The normalized spacial score (nSPS) is 11.1. The largest absolute Gasteiger partial charge is 1.00 e. The molecule has 4 N–H and O–H groups in total. The second-order valence-corrected chi connectivity index (χ2v) is 12.1. The zero-order valence-electron chi connectivity index (χ0n) is 23.8. The molecule has 1 amide bonds. The topological polar surface area (TPSA) is 199 Å². The fourth-order valence-corrected chi connectivity index (χ4v) is 5.59. The molecule has 0 atom stereocenters. The molecule has 0 spiro atoms. The Kier molecular flexibility index (Phi) is 14.0. The Morgan fingerprint density at radius 2 is 1.57 bits per heavy atom. The second kappa shape index (κ2) is 16.5. The van der Waals surface area contributed by atoms with Gasteiger partial charge in [0.2, 0.25) is 0 Å². The van der Waals surface area contributed by atoms with Crippen molar-refractivity contribution >= 4 is 41.3 Å². The quantitative estimate of drug-likeness (QED) is 0.138. The smallest absolute Gasteiger partial charge is 0.756 e. The van der Waals surface area contributed by atoms with E-state index in [1.54, 1.807) is 65.2 Å². The molecule has 0 fully saturated rings. The van der Waals surface area contributed by atoms with Crippen LogP contribution in [0.3, 0.4) is 0 Å². The Labute approximate surface area is 281 Å². The number of hydrogen-bond acceptors (Lipinski definition) is 7. The Morgan fingerprint density at radius 1 is 1.00 bits per heavy atom. The summed E-state index contributed by atoms with van der Waals surface area (Å²) >= 11 is 6.13. The SMILES string of the molecule is CCCCc1nc(Cl)c(C(=O)O)n1Cc1ccc(-c2ccccc2S(=O)(=O)NC(=O)c2ccccc2)cc1.O=P([O-])(O)O.[Na+]. The number of aromatic nitrogens is 2. The number of nitrogens with zero attached hydrogens (tertiary/aromatic N) is 2. The summed E-state index contributed by atoms with van der Waals surface area (Å²) in [6.45, 7) is 2.28. The maximum atomic E-state index is 13.1. The molecule has 0 aliphatic rings. The molecule has 0 unspecified atom stereocenters. The number of nitrogens with one attached hydrogen (secondary N) is 1. The first-order valence-electron chi connectivity index (χ1n) is 12.8. The Bertz CT molecular complexity index is 1740. The summed E-state index contributed by atoms with van der Waals surface area (Å²) in [7, 11) is -9.05. The number of carboxylic acids is 1. The third-order valence-electron chi connectivity index (χ3n) is 6.01. The number of carbonyl (C=O) groups excluding carboxylic acids is 1. The van der Waals surface area contributed by atoms with Gasteiger partial charge in [-0.25, -0.2) is 22.9 Å². The first kappa shape index (κ1) is 37.3. The summed E-state index contributed by atoms with van der Waals surface area (Å²) in [5.41, 5.74) is 2.01. The number of imidazole rings is 1. The van der Waals surface area contributed by atoms with E-state index in [2.05, 4.69) is 9.71 Å². The van der Waals surface area contributed by atoms with E-state index < -0.39 is 29.7 Å². The molecule has 228 valence electrons. The minimum Gasteiger partial charge on any atom is -0.756 e. The molecular weight excluding hydrogens is 644 g/mol. The molecule has 0 saturated heterocycles. The van der Waals surface area contributed by atoms with Crippen molar-refractivity contribution in [3.05, 3.63) is 107 Å². The van der Waals surface area contributed by atoms with E-state index in [4.69, 9.17) is 30.8 Å². The predicted octanol–water partition coefficient (Wildman–Crippen LogP) is 0.855. The summed E-state index contributed by atoms with van der Waals surface area (Å²) in [5.74, 6) is -1.27. The number of carbonyl (C=O) groups is 2. The molecule has 1 heterocycles. The van der Waals surface area contributed by atoms with Crippen LogP contribution in [0.2, 0.25) is 5.15 Å². The number of hydrogen-bond donors (Lipinski definition) is 4. The number of sulfonamides is 1. The van der Waals surface area contributed by atoms with Crippen molar-refractivity contribution < 1.29 is 71.9 Å². The van der Waals surface area contributed by atoms with Gasteiger partial charge in [0.25, 0.3) is 23.8 Å². The molecule has 44 heavy (non-hydrogen) atoms. The van der Waals surface area contributed by atoms with Crippen LogP contribution in [-0.4, -0.2) is 44.7 Å². The van der Waals surface area contributed by atoms with Gasteiger partial charge < -0.3 is 24.4 Å². The Morgan fingerprint density at radius 3 is 2.14 bits per heavy atom. The van der Waals surface area contributed by atoms with Gasteiger partial charge in [0.05, 0.1) is 4.90 Å². The van der Waals surface area contributed by atoms with Crippen molar-refractivity contribution in [1.29, 1.82) is 0 Å². The molecule has 4 rings (SSSR count). The third-order valence-corrected chi connectivity index (χ3v) is 7.66. The minimum absolute atomic E-state index is 0. The van der Waals surface area contributed by atoms with Gasteiger partial charge in [-0.1, -0.05) is 85.6 Å². The number of carboxylic acid groups (broad SMARTS) is 1. The number of halogens is 1. The molecule has 0 aliphatic carbocycles. The monoisotopic (exact) mass is 671 g/mol. The standard InChI is InChI=1S/C28H26ClN3O5S.Na.H3O4P/c1-2-3-13-24-30-26(29)25(28(34)35)32(24)18-19-14-16-20(17-15-19)22-11-7-8-12-23(22)38(36,37)31-27(33)21-9-5-4-6-10-21;;1-5(2,3)4/h4-12,14-17H,2-3,13,18H2,1H3,(H,31,33)(H,34,35);;(H3,1,2,3,4)/q;+1;/p-1. The predicted molar refractivity (Wildman–Crippen MR) is 157 cm³/mol. The first-order valence-corrected chi connectivity index (χ1v) is 16.2. The summed E-state index contributed by atoms with van der Waals surface area (Å²) in [6, 6.07) is 21.6. The second-order valence-electron chi connectivity index (χ2n) is 9.15. The van der Waals surface area contributed by atoms with Gasteiger partial charge in [-0.05, 0) is 35.7 Å². The molecule has 1 aromatic heterocycles. The van der Waals surface area contributed by atoms with Crippen molar-refractivity contribution in [2.24, 2.45) is 0 Å². The van der Waals surface area contributed by atoms with Gasteiger partial charge in [0.1, 0.15) is 5.82 Å². The van der Waals surface area contributed by atoms with Gasteiger partial charge in [-0.15, -0.1) is 0 Å². The van der Waals surface area contributed by atoms with E-state index in [1.165, 1.54) is 18.2 Å². The van der Waals surface area contributed by atoms with Crippen LogP contribution in [0.5, 0.6) is 0 Å². The average molecular weight is 672 g/mol. The van der Waals surface area contributed by atoms with Crippen molar-refractivity contribution in [1.82, 2.24) is 14.3 Å². The Hall–Kier alpha value is -2.84.